The van der Waals surface area contributed by atoms with Gasteiger partial charge in [-0.3, -0.25) is 9.63 Å². The molecule has 9 nitrogen and oxygen atoms in total. The molecule has 0 spiro atoms. The number of fused-ring (bicyclic) bond motifs is 2. The first-order valence-corrected chi connectivity index (χ1v) is 13.4. The smallest absolute Gasteiger partial charge is 0.240 e. The van der Waals surface area contributed by atoms with Crippen LogP contribution in [0.4, 0.5) is 0 Å². The lowest BCUT2D eigenvalue weighted by Gasteiger charge is -2.62. The van der Waals surface area contributed by atoms with Gasteiger partial charge in [0.1, 0.15) is 11.8 Å². The van der Waals surface area contributed by atoms with Crippen LogP contribution in [0.5, 0.6) is 5.75 Å². The van der Waals surface area contributed by atoms with Gasteiger partial charge in [0.05, 0.1) is 36.0 Å². The first-order chi connectivity index (χ1) is 16.6. The Balaban J connectivity index is 1.60. The number of aliphatic hydroxyl groups excluding tert-OH is 1. The van der Waals surface area contributed by atoms with Gasteiger partial charge in [0, 0.05) is 22.4 Å². The Morgan fingerprint density at radius 1 is 1.46 bits per heavy atom. The Morgan fingerprint density at radius 2 is 2.20 bits per heavy atom. The number of hydroxylamine groups is 2. The Morgan fingerprint density at radius 3 is 2.80 bits per heavy atom. The number of hydrogen-bond donors (Lipinski definition) is 2. The van der Waals surface area contributed by atoms with Gasteiger partial charge >= 0.3 is 0 Å². The Labute approximate surface area is 220 Å². The Kier molecular flexibility index (Phi) is 7.88. The molecule has 1 aromatic carbocycles. The van der Waals surface area contributed by atoms with Gasteiger partial charge < -0.3 is 15.2 Å². The number of halogens is 1. The van der Waals surface area contributed by atoms with Crippen LogP contribution in [-0.2, 0) is 16.2 Å². The predicted octanol–water partition coefficient (Wildman–Crippen LogP) is 4.28. The van der Waals surface area contributed by atoms with E-state index >= 15 is 0 Å². The quantitative estimate of drug-likeness (QED) is 0.201. The molecule has 1 aliphatic heterocycles. The van der Waals surface area contributed by atoms with E-state index in [1.165, 1.54) is 6.42 Å². The van der Waals surface area contributed by atoms with Crippen molar-refractivity contribution in [1.82, 2.24) is 10.4 Å². The summed E-state index contributed by atoms with van der Waals surface area (Å²) in [7, 11) is 1.62. The fourth-order valence-corrected chi connectivity index (χ4v) is 7.45. The first-order valence-electron chi connectivity index (χ1n) is 12.3. The van der Waals surface area contributed by atoms with Gasteiger partial charge in [-0.05, 0) is 77.1 Å². The van der Waals surface area contributed by atoms with E-state index in [1.54, 1.807) is 19.1 Å². The molecular weight excluding hydrogens is 561 g/mol. The highest BCUT2D eigenvalue weighted by Crippen LogP contribution is 2.61. The van der Waals surface area contributed by atoms with Gasteiger partial charge in [0.15, 0.2) is 0 Å². The van der Waals surface area contributed by atoms with Gasteiger partial charge in [0.25, 0.3) is 0 Å². The Bertz CT molecular complexity index is 998. The fraction of sp³-hybridized carbons (Fsp3) is 0.720. The number of amides is 1. The molecule has 1 unspecified atom stereocenters. The monoisotopic (exact) mass is 597 g/mol. The zero-order valence-corrected chi connectivity index (χ0v) is 23.2. The van der Waals surface area contributed by atoms with E-state index in [4.69, 9.17) is 15.1 Å². The molecule has 1 saturated heterocycles. The van der Waals surface area contributed by atoms with Gasteiger partial charge in [0.2, 0.25) is 5.91 Å². The SMILES string of the molecule is COc1c(I)cccc1CN1O[C@@H](CN=[N+]=[N-])[C@@H]([C@H](C)O)C1C(=O)N[C@H]1C[C@H]2C[C@@H]([C@@H]1C)C2(C)C. The molecule has 4 fully saturated rings. The molecule has 0 aromatic heterocycles. The second kappa shape index (κ2) is 10.4. The summed E-state index contributed by atoms with van der Waals surface area (Å²) in [5.41, 5.74) is 10.1. The van der Waals surface area contributed by atoms with E-state index < -0.39 is 24.2 Å². The van der Waals surface area contributed by atoms with Gasteiger partial charge in [-0.1, -0.05) is 38.0 Å². The average Bonchev–Trinajstić information content (AvgIpc) is 3.17. The summed E-state index contributed by atoms with van der Waals surface area (Å²) in [5, 5.41) is 19.3. The number of rotatable bonds is 8. The minimum absolute atomic E-state index is 0.0357. The molecule has 1 aromatic rings. The van der Waals surface area contributed by atoms with Crippen molar-refractivity contribution in [1.29, 1.82) is 0 Å². The van der Waals surface area contributed by atoms with Crippen LogP contribution in [0.1, 0.15) is 46.1 Å². The number of carbonyl (C=O) groups excluding carboxylic acids is 1. The molecule has 192 valence electrons. The van der Waals surface area contributed by atoms with Crippen LogP contribution in [0.25, 0.3) is 10.4 Å². The fourth-order valence-electron chi connectivity index (χ4n) is 6.68. The first kappa shape index (κ1) is 26.5. The van der Waals surface area contributed by atoms with Crippen molar-refractivity contribution in [2.75, 3.05) is 13.7 Å². The maximum absolute atomic E-state index is 13.8. The predicted molar refractivity (Wildman–Crippen MR) is 140 cm³/mol. The van der Waals surface area contributed by atoms with Crippen molar-refractivity contribution in [2.24, 2.45) is 34.2 Å². The number of ether oxygens (including phenoxy) is 1. The van der Waals surface area contributed by atoms with Crippen molar-refractivity contribution in [3.05, 3.63) is 37.8 Å². The topological polar surface area (TPSA) is 120 Å². The molecular formula is C25H36IN5O4. The molecule has 0 radical (unpaired) electrons. The van der Waals surface area contributed by atoms with Crippen molar-refractivity contribution >= 4 is 28.5 Å². The zero-order valence-electron chi connectivity index (χ0n) is 21.0. The van der Waals surface area contributed by atoms with Crippen LogP contribution in [-0.4, -0.2) is 54.0 Å². The third kappa shape index (κ3) is 4.87. The number of aliphatic hydroxyl groups is 1. The van der Waals surface area contributed by atoms with Gasteiger partial charge in [-0.15, -0.1) is 0 Å². The van der Waals surface area contributed by atoms with Crippen molar-refractivity contribution in [3.8, 4) is 5.75 Å². The summed E-state index contributed by atoms with van der Waals surface area (Å²) in [6.07, 6.45) is 0.766. The van der Waals surface area contributed by atoms with E-state index in [1.807, 2.05) is 18.2 Å². The van der Waals surface area contributed by atoms with E-state index in [2.05, 4.69) is 58.7 Å². The molecule has 3 aliphatic carbocycles. The molecule has 1 amide bonds. The molecule has 2 bridgehead atoms. The highest BCUT2D eigenvalue weighted by molar-refractivity contribution is 14.1. The summed E-state index contributed by atoms with van der Waals surface area (Å²) in [4.78, 5) is 22.9. The third-order valence-electron chi connectivity index (χ3n) is 8.79. The molecule has 4 aliphatic rings. The Hall–Kier alpha value is -1.59. The van der Waals surface area contributed by atoms with Crippen molar-refractivity contribution in [3.63, 3.8) is 0 Å². The van der Waals surface area contributed by atoms with E-state index in [-0.39, 0.29) is 18.5 Å². The summed E-state index contributed by atoms with van der Waals surface area (Å²) < 4.78 is 6.57. The molecule has 1 heterocycles. The summed E-state index contributed by atoms with van der Waals surface area (Å²) >= 11 is 2.22. The van der Waals surface area contributed by atoms with E-state index in [9.17, 15) is 9.90 Å². The lowest BCUT2D eigenvalue weighted by Crippen LogP contribution is -2.62. The molecule has 8 atom stereocenters. The van der Waals surface area contributed by atoms with Crippen LogP contribution < -0.4 is 10.1 Å². The van der Waals surface area contributed by atoms with E-state index in [0.29, 0.717) is 29.7 Å². The number of methoxy groups -OCH3 is 1. The van der Waals surface area contributed by atoms with Gasteiger partial charge in [-0.2, -0.15) is 5.06 Å². The highest BCUT2D eigenvalue weighted by Gasteiger charge is 2.57. The zero-order chi connectivity index (χ0) is 25.5. The van der Waals surface area contributed by atoms with Crippen LogP contribution in [0.3, 0.4) is 0 Å². The second-order valence-electron chi connectivity index (χ2n) is 10.9. The lowest BCUT2D eigenvalue weighted by atomic mass is 9.45. The summed E-state index contributed by atoms with van der Waals surface area (Å²) in [6.45, 7) is 8.91. The molecule has 10 heteroatoms. The number of para-hydroxylation sites is 1. The van der Waals surface area contributed by atoms with Crippen LogP contribution >= 0.6 is 22.6 Å². The van der Waals surface area contributed by atoms with E-state index in [0.717, 1.165) is 21.3 Å². The lowest BCUT2D eigenvalue weighted by molar-refractivity contribution is -0.175. The largest absolute Gasteiger partial charge is 0.495 e. The number of nitrogens with one attached hydrogen (secondary N) is 1. The summed E-state index contributed by atoms with van der Waals surface area (Å²) in [6, 6.07) is 5.20. The number of benzene rings is 1. The number of azide groups is 1. The molecule has 3 saturated carbocycles. The molecule has 2 N–H and O–H groups in total. The molecule has 35 heavy (non-hydrogen) atoms. The van der Waals surface area contributed by atoms with Gasteiger partial charge in [-0.25, -0.2) is 0 Å². The minimum Gasteiger partial charge on any atom is -0.495 e. The minimum atomic E-state index is -0.830. The summed E-state index contributed by atoms with van der Waals surface area (Å²) in [5.74, 6) is 1.63. The van der Waals surface area contributed by atoms with Crippen molar-refractivity contribution < 1.29 is 19.5 Å². The van der Waals surface area contributed by atoms with Crippen LogP contribution in [0.2, 0.25) is 0 Å². The average molecular weight is 597 g/mol. The van der Waals surface area contributed by atoms with Crippen LogP contribution in [0, 0.1) is 32.7 Å². The number of hydrogen-bond acceptors (Lipinski definition) is 6. The normalized spacial score (nSPS) is 34.4. The molecule has 5 rings (SSSR count). The van der Waals surface area contributed by atoms with Crippen molar-refractivity contribution in [2.45, 2.75) is 71.4 Å². The highest BCUT2D eigenvalue weighted by atomic mass is 127. The number of carbonyl (C=O) groups is 1. The third-order valence-corrected chi connectivity index (χ3v) is 9.64. The maximum Gasteiger partial charge on any atom is 0.240 e. The number of nitrogens with zero attached hydrogens (tertiary/aromatic N) is 4. The maximum atomic E-state index is 13.8. The van der Waals surface area contributed by atoms with Crippen LogP contribution in [0.15, 0.2) is 23.3 Å². The standard InChI is InChI=1S/C25H36IN5O4/c1-13-17-9-16(25(17,3)4)10-19(13)29-24(33)22-21(14(2)32)20(11-28-30-27)35-31(22)12-15-7-6-8-18(26)23(15)34-5/h6-8,13-14,16-17,19-22,32H,9-12H2,1-5H3,(H,29,33)/t13-,14-,16+,17-,19-,20-,21+,22?/m0/s1. The second-order valence-corrected chi connectivity index (χ2v) is 12.1.